The molecule has 0 aromatic carbocycles. The quantitative estimate of drug-likeness (QED) is 0.343. The summed E-state index contributed by atoms with van der Waals surface area (Å²) in [5.74, 6) is 1.38. The topological polar surface area (TPSA) is 151 Å². The molecule has 11 nitrogen and oxygen atoms in total. The number of rotatable bonds is 10. The van der Waals surface area contributed by atoms with Gasteiger partial charge in [0.25, 0.3) is 0 Å². The third-order valence-corrected chi connectivity index (χ3v) is 7.81. The van der Waals surface area contributed by atoms with Crippen molar-refractivity contribution in [1.82, 2.24) is 24.7 Å². The SMILES string of the molecule is COC1CC(Nc2ccnc(C3=CN=C(Cl)CC3(N)[C@@H](C)CCOc3c(-c4nccc(N)n4)cnn3C)c2)C1. The molecule has 4 heterocycles. The molecule has 2 aliphatic rings. The number of ether oxygens (including phenoxy) is 2. The molecule has 1 saturated carbocycles. The Morgan fingerprint density at radius 3 is 2.82 bits per heavy atom. The van der Waals surface area contributed by atoms with E-state index in [2.05, 4.69) is 37.3 Å². The van der Waals surface area contributed by atoms with Crippen LogP contribution in [-0.2, 0) is 11.8 Å². The van der Waals surface area contributed by atoms with E-state index in [1.54, 1.807) is 42.6 Å². The monoisotopic (exact) mass is 551 g/mol. The molecule has 3 aromatic rings. The number of methoxy groups -OCH3 is 1. The summed E-state index contributed by atoms with van der Waals surface area (Å²) in [6, 6.07) is 6.01. The van der Waals surface area contributed by atoms with Crippen LogP contribution >= 0.6 is 11.6 Å². The molecule has 1 unspecified atom stereocenters. The lowest BCUT2D eigenvalue weighted by atomic mass is 9.74. The number of nitrogen functional groups attached to an aromatic ring is 1. The number of hydrogen-bond acceptors (Lipinski definition) is 10. The molecule has 1 aliphatic carbocycles. The average Bonchev–Trinajstić information content (AvgIpc) is 3.26. The third-order valence-electron chi connectivity index (χ3n) is 7.58. The lowest BCUT2D eigenvalue weighted by Crippen LogP contribution is -2.50. The summed E-state index contributed by atoms with van der Waals surface area (Å²) in [6.45, 7) is 2.49. The fourth-order valence-electron chi connectivity index (χ4n) is 5.00. The Balaban J connectivity index is 1.29. The molecular weight excluding hydrogens is 518 g/mol. The predicted molar refractivity (Wildman–Crippen MR) is 152 cm³/mol. The molecule has 0 saturated heterocycles. The van der Waals surface area contributed by atoms with Gasteiger partial charge in [-0.05, 0) is 43.4 Å². The van der Waals surface area contributed by atoms with E-state index in [1.807, 2.05) is 19.2 Å². The fraction of sp³-hybridized carbons (Fsp3) is 0.444. The molecule has 5 rings (SSSR count). The largest absolute Gasteiger partial charge is 0.477 e. The summed E-state index contributed by atoms with van der Waals surface area (Å²) >= 11 is 6.40. The van der Waals surface area contributed by atoms with Crippen molar-refractivity contribution in [2.45, 2.75) is 50.3 Å². The highest BCUT2D eigenvalue weighted by molar-refractivity contribution is 6.65. The van der Waals surface area contributed by atoms with E-state index < -0.39 is 5.54 Å². The van der Waals surface area contributed by atoms with Crippen LogP contribution in [0, 0.1) is 5.92 Å². The maximum atomic E-state index is 7.10. The Hall–Kier alpha value is -3.54. The van der Waals surface area contributed by atoms with Crippen LogP contribution in [-0.4, -0.2) is 61.3 Å². The Morgan fingerprint density at radius 1 is 1.26 bits per heavy atom. The molecule has 1 aliphatic heterocycles. The molecular formula is C27H34ClN9O2. The zero-order chi connectivity index (χ0) is 27.6. The van der Waals surface area contributed by atoms with E-state index in [1.165, 1.54) is 0 Å². The number of hydrogen-bond donors (Lipinski definition) is 3. The molecule has 0 amide bonds. The minimum Gasteiger partial charge on any atom is -0.477 e. The summed E-state index contributed by atoms with van der Waals surface area (Å²) in [4.78, 5) is 17.6. The van der Waals surface area contributed by atoms with Gasteiger partial charge in [-0.25, -0.2) is 19.6 Å². The van der Waals surface area contributed by atoms with Crippen molar-refractivity contribution < 1.29 is 9.47 Å². The number of nitrogens with one attached hydrogen (secondary N) is 1. The van der Waals surface area contributed by atoms with Gasteiger partial charge in [-0.3, -0.25) is 4.98 Å². The zero-order valence-electron chi connectivity index (χ0n) is 22.3. The van der Waals surface area contributed by atoms with Crippen LogP contribution in [0.15, 0.2) is 48.0 Å². The van der Waals surface area contributed by atoms with Crippen LogP contribution in [0.2, 0.25) is 0 Å². The number of halogens is 1. The smallest absolute Gasteiger partial charge is 0.222 e. The maximum absolute atomic E-state index is 7.10. The Labute approximate surface area is 232 Å². The molecule has 2 atom stereocenters. The van der Waals surface area contributed by atoms with Gasteiger partial charge in [0.05, 0.1) is 30.1 Å². The molecule has 1 fully saturated rings. The van der Waals surface area contributed by atoms with Crippen molar-refractivity contribution >= 4 is 33.9 Å². The van der Waals surface area contributed by atoms with Crippen molar-refractivity contribution in [2.75, 3.05) is 24.8 Å². The number of nitrogens with zero attached hydrogens (tertiary/aromatic N) is 6. The second kappa shape index (κ2) is 11.3. The third kappa shape index (κ3) is 5.75. The molecule has 5 N–H and O–H groups in total. The summed E-state index contributed by atoms with van der Waals surface area (Å²) in [5.41, 5.74) is 15.5. The molecule has 0 spiro atoms. The van der Waals surface area contributed by atoms with Crippen LogP contribution < -0.4 is 21.5 Å². The minimum absolute atomic E-state index is 0.0131. The van der Waals surface area contributed by atoms with E-state index in [0.29, 0.717) is 59.9 Å². The van der Waals surface area contributed by atoms with Gasteiger partial charge < -0.3 is 26.3 Å². The van der Waals surface area contributed by atoms with Gasteiger partial charge in [0.1, 0.15) is 16.6 Å². The predicted octanol–water partition coefficient (Wildman–Crippen LogP) is 3.63. The second-order valence-corrected chi connectivity index (χ2v) is 10.6. The number of aryl methyl sites for hydroxylation is 1. The summed E-state index contributed by atoms with van der Waals surface area (Å²) in [6.07, 6.45) is 10.2. The van der Waals surface area contributed by atoms with Crippen LogP contribution in [0.4, 0.5) is 11.5 Å². The summed E-state index contributed by atoms with van der Waals surface area (Å²) in [5, 5.41) is 8.35. The van der Waals surface area contributed by atoms with Crippen molar-refractivity contribution in [3.05, 3.63) is 48.7 Å². The average molecular weight is 552 g/mol. The van der Waals surface area contributed by atoms with E-state index in [-0.39, 0.29) is 5.92 Å². The number of aromatic nitrogens is 5. The van der Waals surface area contributed by atoms with E-state index in [4.69, 9.17) is 32.5 Å². The van der Waals surface area contributed by atoms with Gasteiger partial charge >= 0.3 is 0 Å². The van der Waals surface area contributed by atoms with Crippen LogP contribution in [0.5, 0.6) is 5.88 Å². The Kier molecular flexibility index (Phi) is 7.83. The minimum atomic E-state index is -0.780. The zero-order valence-corrected chi connectivity index (χ0v) is 23.1. The summed E-state index contributed by atoms with van der Waals surface area (Å²) in [7, 11) is 3.56. The highest BCUT2D eigenvalue weighted by Crippen LogP contribution is 2.39. The first-order chi connectivity index (χ1) is 18.8. The lowest BCUT2D eigenvalue weighted by Gasteiger charge is -2.39. The highest BCUT2D eigenvalue weighted by Gasteiger charge is 2.40. The highest BCUT2D eigenvalue weighted by atomic mass is 35.5. The first kappa shape index (κ1) is 27.0. The molecule has 3 aromatic heterocycles. The molecule has 206 valence electrons. The first-order valence-corrected chi connectivity index (χ1v) is 13.4. The Bertz CT molecular complexity index is 1390. The molecule has 0 bridgehead atoms. The fourth-order valence-corrected chi connectivity index (χ4v) is 5.27. The van der Waals surface area contributed by atoms with Crippen molar-refractivity contribution in [3.8, 4) is 17.3 Å². The number of aliphatic imine (C=N–C) groups is 1. The van der Waals surface area contributed by atoms with Gasteiger partial charge in [0.15, 0.2) is 5.82 Å². The van der Waals surface area contributed by atoms with Gasteiger partial charge in [0.2, 0.25) is 5.88 Å². The number of anilines is 2. The van der Waals surface area contributed by atoms with Crippen LogP contribution in [0.1, 0.15) is 38.3 Å². The van der Waals surface area contributed by atoms with Gasteiger partial charge in [-0.1, -0.05) is 18.5 Å². The van der Waals surface area contributed by atoms with E-state index >= 15 is 0 Å². The molecule has 0 radical (unpaired) electrons. The van der Waals surface area contributed by atoms with Crippen molar-refractivity contribution in [2.24, 2.45) is 23.7 Å². The molecule has 12 heteroatoms. The van der Waals surface area contributed by atoms with Gasteiger partial charge in [-0.2, -0.15) is 5.10 Å². The van der Waals surface area contributed by atoms with Crippen LogP contribution in [0.3, 0.4) is 0 Å². The number of pyridine rings is 1. The Morgan fingerprint density at radius 2 is 2.05 bits per heavy atom. The van der Waals surface area contributed by atoms with E-state index in [0.717, 1.165) is 29.8 Å². The van der Waals surface area contributed by atoms with Gasteiger partial charge in [-0.15, -0.1) is 0 Å². The van der Waals surface area contributed by atoms with Crippen molar-refractivity contribution in [3.63, 3.8) is 0 Å². The normalized spacial score (nSPS) is 23.4. The maximum Gasteiger partial charge on any atom is 0.222 e. The van der Waals surface area contributed by atoms with Gasteiger partial charge in [0, 0.05) is 56.5 Å². The summed E-state index contributed by atoms with van der Waals surface area (Å²) < 4.78 is 13.2. The molecule has 39 heavy (non-hydrogen) atoms. The lowest BCUT2D eigenvalue weighted by molar-refractivity contribution is 0.0329. The second-order valence-electron chi connectivity index (χ2n) is 10.2. The van der Waals surface area contributed by atoms with Crippen molar-refractivity contribution in [1.29, 1.82) is 0 Å². The standard InChI is InChI=1S/C27H34ClN9O2/c1-16(6-9-39-26-20(14-34-37(26)2)25-32-8-5-24(29)36-25)27(30)13-23(28)33-15-21(27)22-12-17(4-7-31-22)35-18-10-19(11-18)38-3/h4-5,7-8,12,14-16,18-19H,6,9-11,13,30H2,1-3H3,(H,31,35)(H2,29,32,36)/t16-,18?,19?,27?/m0/s1. The van der Waals surface area contributed by atoms with E-state index in [9.17, 15) is 0 Å². The van der Waals surface area contributed by atoms with Crippen LogP contribution in [0.25, 0.3) is 17.0 Å². The number of nitrogens with two attached hydrogens (primary N) is 2. The first-order valence-electron chi connectivity index (χ1n) is 13.0.